The van der Waals surface area contributed by atoms with Crippen molar-refractivity contribution in [3.8, 4) is 22.6 Å². The Balaban J connectivity index is 1.73. The number of ether oxygens (including phenoxy) is 2. The summed E-state index contributed by atoms with van der Waals surface area (Å²) in [6.07, 6.45) is 0.958. The van der Waals surface area contributed by atoms with E-state index in [1.54, 1.807) is 12.1 Å². The van der Waals surface area contributed by atoms with Gasteiger partial charge in [0.25, 0.3) is 0 Å². The van der Waals surface area contributed by atoms with Crippen molar-refractivity contribution in [1.82, 2.24) is 0 Å². The Morgan fingerprint density at radius 3 is 2.12 bits per heavy atom. The zero-order valence-corrected chi connectivity index (χ0v) is 18.5. The highest BCUT2D eigenvalue weighted by molar-refractivity contribution is 5.68. The van der Waals surface area contributed by atoms with E-state index in [1.807, 2.05) is 43.3 Å². The maximum atomic E-state index is 12.4. The molecule has 32 heavy (non-hydrogen) atoms. The lowest BCUT2D eigenvalue weighted by molar-refractivity contribution is -0.274. The van der Waals surface area contributed by atoms with E-state index in [9.17, 15) is 13.2 Å². The molecule has 0 aromatic heterocycles. The molecule has 0 aliphatic carbocycles. The summed E-state index contributed by atoms with van der Waals surface area (Å²) in [5.74, 6) is 0.556. The zero-order valence-electron chi connectivity index (χ0n) is 18.5. The molecule has 0 heterocycles. The maximum Gasteiger partial charge on any atom is 0.573 e. The monoisotopic (exact) mass is 442 g/mol. The van der Waals surface area contributed by atoms with E-state index in [0.29, 0.717) is 0 Å². The number of alkyl halides is 3. The minimum atomic E-state index is -4.69. The van der Waals surface area contributed by atoms with Crippen molar-refractivity contribution >= 4 is 0 Å². The predicted octanol–water partition coefficient (Wildman–Crippen LogP) is 8.65. The SMILES string of the molecule is CCCCCCC(Oc1ccc(-c2ccc(OC(F)(F)F)cc2)c(C)c1)c1ccccc1. The van der Waals surface area contributed by atoms with Crippen LogP contribution in [0.1, 0.15) is 56.3 Å². The fourth-order valence-corrected chi connectivity index (χ4v) is 3.75. The first-order chi connectivity index (χ1) is 15.4. The van der Waals surface area contributed by atoms with Crippen molar-refractivity contribution in [1.29, 1.82) is 0 Å². The molecule has 5 heteroatoms. The number of hydrogen-bond donors (Lipinski definition) is 0. The smallest absolute Gasteiger partial charge is 0.486 e. The summed E-state index contributed by atoms with van der Waals surface area (Å²) in [6, 6.07) is 22.0. The molecule has 0 N–H and O–H groups in total. The normalized spacial score (nSPS) is 12.4. The molecule has 1 unspecified atom stereocenters. The molecule has 3 rings (SSSR count). The van der Waals surface area contributed by atoms with E-state index in [2.05, 4.69) is 23.8 Å². The summed E-state index contributed by atoms with van der Waals surface area (Å²) in [4.78, 5) is 0. The van der Waals surface area contributed by atoms with Crippen molar-refractivity contribution < 1.29 is 22.6 Å². The first kappa shape index (κ1) is 23.7. The molecule has 0 fully saturated rings. The van der Waals surface area contributed by atoms with Crippen LogP contribution in [-0.2, 0) is 0 Å². The fourth-order valence-electron chi connectivity index (χ4n) is 3.75. The number of rotatable bonds is 10. The molecule has 0 spiro atoms. The molecule has 3 aromatic carbocycles. The summed E-state index contributed by atoms with van der Waals surface area (Å²) in [6.45, 7) is 4.17. The molecule has 1 atom stereocenters. The van der Waals surface area contributed by atoms with Gasteiger partial charge >= 0.3 is 6.36 Å². The van der Waals surface area contributed by atoms with Gasteiger partial charge in [0, 0.05) is 0 Å². The second-order valence-corrected chi connectivity index (χ2v) is 7.92. The standard InChI is InChI=1S/C27H29F3O2/c1-3-4-5-9-12-26(22-10-7-6-8-11-22)31-24-17-18-25(20(2)19-24)21-13-15-23(16-14-21)32-27(28,29)30/h6-8,10-11,13-19,26H,3-5,9,12H2,1-2H3. The van der Waals surface area contributed by atoms with Crippen LogP contribution in [0.5, 0.6) is 11.5 Å². The molecular formula is C27H29F3O2. The number of halogens is 3. The maximum absolute atomic E-state index is 12.4. The molecule has 2 nitrogen and oxygen atoms in total. The Bertz CT molecular complexity index is 966. The van der Waals surface area contributed by atoms with Crippen molar-refractivity contribution in [3.05, 3.63) is 83.9 Å². The molecule has 0 amide bonds. The van der Waals surface area contributed by atoms with Crippen LogP contribution in [0.4, 0.5) is 13.2 Å². The van der Waals surface area contributed by atoms with Crippen LogP contribution in [0.3, 0.4) is 0 Å². The summed E-state index contributed by atoms with van der Waals surface area (Å²) in [7, 11) is 0. The highest BCUT2D eigenvalue weighted by Crippen LogP contribution is 2.32. The lowest BCUT2D eigenvalue weighted by atomic mass is 10.00. The lowest BCUT2D eigenvalue weighted by Crippen LogP contribution is -2.16. The van der Waals surface area contributed by atoms with E-state index in [0.717, 1.165) is 40.8 Å². The van der Waals surface area contributed by atoms with Gasteiger partial charge in [-0.25, -0.2) is 0 Å². The molecule has 0 saturated carbocycles. The van der Waals surface area contributed by atoms with Crippen LogP contribution in [0.25, 0.3) is 11.1 Å². The molecule has 0 bridgehead atoms. The van der Waals surface area contributed by atoms with Gasteiger partial charge in [-0.1, -0.05) is 74.7 Å². The Kier molecular flexibility index (Phi) is 8.20. The van der Waals surface area contributed by atoms with Crippen LogP contribution in [0.2, 0.25) is 0 Å². The van der Waals surface area contributed by atoms with E-state index in [-0.39, 0.29) is 11.9 Å². The summed E-state index contributed by atoms with van der Waals surface area (Å²) in [5, 5.41) is 0. The summed E-state index contributed by atoms with van der Waals surface area (Å²) < 4.78 is 47.5. The average Bonchev–Trinajstić information content (AvgIpc) is 2.76. The molecule has 0 aliphatic heterocycles. The van der Waals surface area contributed by atoms with Gasteiger partial charge in [0.15, 0.2) is 0 Å². The second-order valence-electron chi connectivity index (χ2n) is 7.92. The van der Waals surface area contributed by atoms with Crippen molar-refractivity contribution in [2.75, 3.05) is 0 Å². The molecular weight excluding hydrogens is 413 g/mol. The third kappa shape index (κ3) is 7.04. The molecule has 170 valence electrons. The summed E-state index contributed by atoms with van der Waals surface area (Å²) >= 11 is 0. The van der Waals surface area contributed by atoms with Crippen molar-refractivity contribution in [2.45, 2.75) is 58.4 Å². The third-order valence-corrected chi connectivity index (χ3v) is 5.37. The quantitative estimate of drug-likeness (QED) is 0.293. The Morgan fingerprint density at radius 2 is 1.50 bits per heavy atom. The van der Waals surface area contributed by atoms with Gasteiger partial charge in [-0.2, -0.15) is 0 Å². The Hall–Kier alpha value is -2.95. The van der Waals surface area contributed by atoms with Gasteiger partial charge in [0.05, 0.1) is 0 Å². The molecule has 0 aliphatic rings. The second kappa shape index (κ2) is 11.1. The van der Waals surface area contributed by atoms with Crippen molar-refractivity contribution in [2.24, 2.45) is 0 Å². The van der Waals surface area contributed by atoms with E-state index < -0.39 is 6.36 Å². The first-order valence-electron chi connectivity index (χ1n) is 11.0. The van der Waals surface area contributed by atoms with Crippen LogP contribution >= 0.6 is 0 Å². The highest BCUT2D eigenvalue weighted by atomic mass is 19.4. The molecule has 3 aromatic rings. The first-order valence-corrected chi connectivity index (χ1v) is 11.0. The topological polar surface area (TPSA) is 18.5 Å². The number of aryl methyl sites for hydroxylation is 1. The van der Waals surface area contributed by atoms with Gasteiger partial charge in [-0.05, 0) is 66.3 Å². The molecule has 0 radical (unpaired) electrons. The van der Waals surface area contributed by atoms with Gasteiger partial charge in [0.2, 0.25) is 0 Å². The largest absolute Gasteiger partial charge is 0.573 e. The fraction of sp³-hybridized carbons (Fsp3) is 0.333. The zero-order chi connectivity index (χ0) is 23.0. The minimum absolute atomic E-state index is 0.0166. The van der Waals surface area contributed by atoms with Crippen LogP contribution < -0.4 is 9.47 Å². The lowest BCUT2D eigenvalue weighted by Gasteiger charge is -2.21. The highest BCUT2D eigenvalue weighted by Gasteiger charge is 2.31. The number of unbranched alkanes of at least 4 members (excludes halogenated alkanes) is 3. The van der Waals surface area contributed by atoms with Crippen LogP contribution in [-0.4, -0.2) is 6.36 Å². The van der Waals surface area contributed by atoms with Crippen molar-refractivity contribution in [3.63, 3.8) is 0 Å². The van der Waals surface area contributed by atoms with Crippen LogP contribution in [0, 0.1) is 6.92 Å². The van der Waals surface area contributed by atoms with E-state index in [4.69, 9.17) is 4.74 Å². The number of hydrogen-bond acceptors (Lipinski definition) is 2. The molecule has 0 saturated heterocycles. The minimum Gasteiger partial charge on any atom is -0.486 e. The average molecular weight is 443 g/mol. The summed E-state index contributed by atoms with van der Waals surface area (Å²) in [5.41, 5.74) is 3.91. The Morgan fingerprint density at radius 1 is 0.812 bits per heavy atom. The Labute approximate surface area is 188 Å². The van der Waals surface area contributed by atoms with E-state index in [1.165, 1.54) is 31.4 Å². The number of benzene rings is 3. The van der Waals surface area contributed by atoms with Gasteiger partial charge in [-0.3, -0.25) is 0 Å². The van der Waals surface area contributed by atoms with Gasteiger partial charge in [-0.15, -0.1) is 13.2 Å². The van der Waals surface area contributed by atoms with Crippen LogP contribution in [0.15, 0.2) is 72.8 Å². The van der Waals surface area contributed by atoms with Gasteiger partial charge in [0.1, 0.15) is 17.6 Å². The van der Waals surface area contributed by atoms with Gasteiger partial charge < -0.3 is 9.47 Å². The predicted molar refractivity (Wildman–Crippen MR) is 122 cm³/mol. The van der Waals surface area contributed by atoms with E-state index >= 15 is 0 Å². The third-order valence-electron chi connectivity index (χ3n) is 5.37.